The molecule has 0 saturated heterocycles. The monoisotopic (exact) mass is 197 g/mol. The summed E-state index contributed by atoms with van der Waals surface area (Å²) in [4.78, 5) is 0. The van der Waals surface area contributed by atoms with Gasteiger partial charge in [-0.3, -0.25) is 0 Å². The van der Waals surface area contributed by atoms with E-state index in [0.717, 1.165) is 5.92 Å². The summed E-state index contributed by atoms with van der Waals surface area (Å²) in [6.45, 7) is 6.89. The van der Waals surface area contributed by atoms with Crippen LogP contribution in [0.1, 0.15) is 65.7 Å². The van der Waals surface area contributed by atoms with Crippen molar-refractivity contribution >= 4 is 0 Å². The standard InChI is InChI=1S/C13H27N/c1-4-11(2)14-12(3)10-13-8-6-5-7-9-13/h11-14H,4-10H2,1-3H3. The fourth-order valence-corrected chi connectivity index (χ4v) is 2.59. The average Bonchev–Trinajstić information content (AvgIpc) is 2.19. The lowest BCUT2D eigenvalue weighted by atomic mass is 9.85. The van der Waals surface area contributed by atoms with Crippen LogP contribution in [0.3, 0.4) is 0 Å². The van der Waals surface area contributed by atoms with E-state index in [1.165, 1.54) is 44.9 Å². The predicted octanol–water partition coefficient (Wildman–Crippen LogP) is 3.73. The second-order valence-electron chi connectivity index (χ2n) is 5.12. The number of nitrogens with one attached hydrogen (secondary N) is 1. The van der Waals surface area contributed by atoms with Gasteiger partial charge in [0.1, 0.15) is 0 Å². The van der Waals surface area contributed by atoms with Gasteiger partial charge in [0.2, 0.25) is 0 Å². The molecule has 0 bridgehead atoms. The molecular weight excluding hydrogens is 170 g/mol. The lowest BCUT2D eigenvalue weighted by Gasteiger charge is -2.26. The lowest BCUT2D eigenvalue weighted by Crippen LogP contribution is -2.35. The molecule has 1 aliphatic carbocycles. The SMILES string of the molecule is CCC(C)NC(C)CC1CCCCC1. The van der Waals surface area contributed by atoms with Crippen LogP contribution in [0.4, 0.5) is 0 Å². The van der Waals surface area contributed by atoms with Gasteiger partial charge in [0.15, 0.2) is 0 Å². The summed E-state index contributed by atoms with van der Waals surface area (Å²) in [5.74, 6) is 1.01. The second-order valence-corrected chi connectivity index (χ2v) is 5.12. The fraction of sp³-hybridized carbons (Fsp3) is 1.00. The molecule has 0 radical (unpaired) electrons. The summed E-state index contributed by atoms with van der Waals surface area (Å²) in [6, 6.07) is 1.40. The minimum absolute atomic E-state index is 0.689. The van der Waals surface area contributed by atoms with Gasteiger partial charge in [-0.25, -0.2) is 0 Å². The van der Waals surface area contributed by atoms with E-state index in [0.29, 0.717) is 12.1 Å². The first-order valence-corrected chi connectivity index (χ1v) is 6.48. The van der Waals surface area contributed by atoms with E-state index in [4.69, 9.17) is 0 Å². The number of hydrogen-bond donors (Lipinski definition) is 1. The molecule has 0 aromatic rings. The normalized spacial score (nSPS) is 23.4. The van der Waals surface area contributed by atoms with Crippen LogP contribution < -0.4 is 5.32 Å². The van der Waals surface area contributed by atoms with Crippen LogP contribution in [0.15, 0.2) is 0 Å². The molecule has 2 atom stereocenters. The Morgan fingerprint density at radius 3 is 2.29 bits per heavy atom. The zero-order chi connectivity index (χ0) is 10.4. The topological polar surface area (TPSA) is 12.0 Å². The summed E-state index contributed by atoms with van der Waals surface area (Å²) in [5, 5.41) is 3.68. The molecule has 1 N–H and O–H groups in total. The molecular formula is C13H27N. The highest BCUT2D eigenvalue weighted by Gasteiger charge is 2.16. The average molecular weight is 197 g/mol. The Labute approximate surface area is 89.7 Å². The predicted molar refractivity (Wildman–Crippen MR) is 63.5 cm³/mol. The molecule has 1 heteroatoms. The van der Waals surface area contributed by atoms with Crippen LogP contribution in [0.2, 0.25) is 0 Å². The highest BCUT2D eigenvalue weighted by atomic mass is 14.9. The first-order valence-electron chi connectivity index (χ1n) is 6.48. The third kappa shape index (κ3) is 4.45. The smallest absolute Gasteiger partial charge is 0.00438 e. The third-order valence-electron chi connectivity index (χ3n) is 3.59. The van der Waals surface area contributed by atoms with Crippen LogP contribution in [0, 0.1) is 5.92 Å². The van der Waals surface area contributed by atoms with E-state index in [1.807, 2.05) is 0 Å². The van der Waals surface area contributed by atoms with Gasteiger partial charge in [0, 0.05) is 12.1 Å². The number of rotatable bonds is 5. The zero-order valence-corrected chi connectivity index (χ0v) is 10.2. The highest BCUT2D eigenvalue weighted by Crippen LogP contribution is 2.27. The Morgan fingerprint density at radius 2 is 1.71 bits per heavy atom. The Hall–Kier alpha value is -0.0400. The van der Waals surface area contributed by atoms with Crippen LogP contribution in [-0.2, 0) is 0 Å². The van der Waals surface area contributed by atoms with E-state index in [2.05, 4.69) is 26.1 Å². The van der Waals surface area contributed by atoms with E-state index in [1.54, 1.807) is 0 Å². The first-order chi connectivity index (χ1) is 6.72. The zero-order valence-electron chi connectivity index (χ0n) is 10.2. The summed E-state index contributed by atoms with van der Waals surface area (Å²) >= 11 is 0. The highest BCUT2D eigenvalue weighted by molar-refractivity contribution is 4.73. The van der Waals surface area contributed by atoms with E-state index >= 15 is 0 Å². The Morgan fingerprint density at radius 1 is 1.07 bits per heavy atom. The van der Waals surface area contributed by atoms with Crippen molar-refractivity contribution in [3.05, 3.63) is 0 Å². The molecule has 0 heterocycles. The van der Waals surface area contributed by atoms with Gasteiger partial charge >= 0.3 is 0 Å². The van der Waals surface area contributed by atoms with Crippen molar-refractivity contribution in [1.82, 2.24) is 5.32 Å². The summed E-state index contributed by atoms with van der Waals surface area (Å²) < 4.78 is 0. The van der Waals surface area contributed by atoms with Gasteiger partial charge < -0.3 is 5.32 Å². The minimum atomic E-state index is 0.689. The molecule has 0 aliphatic heterocycles. The van der Waals surface area contributed by atoms with E-state index in [-0.39, 0.29) is 0 Å². The summed E-state index contributed by atoms with van der Waals surface area (Å²) in [5.41, 5.74) is 0. The summed E-state index contributed by atoms with van der Waals surface area (Å²) in [7, 11) is 0. The van der Waals surface area contributed by atoms with Gasteiger partial charge in [-0.2, -0.15) is 0 Å². The molecule has 1 saturated carbocycles. The molecule has 84 valence electrons. The van der Waals surface area contributed by atoms with Gasteiger partial charge in [-0.05, 0) is 32.6 Å². The van der Waals surface area contributed by atoms with Crippen molar-refractivity contribution in [3.8, 4) is 0 Å². The van der Waals surface area contributed by atoms with Crippen molar-refractivity contribution in [2.75, 3.05) is 0 Å². The molecule has 1 aliphatic rings. The van der Waals surface area contributed by atoms with Gasteiger partial charge in [0.25, 0.3) is 0 Å². The van der Waals surface area contributed by atoms with Crippen molar-refractivity contribution < 1.29 is 0 Å². The first kappa shape index (κ1) is 12.0. The maximum Gasteiger partial charge on any atom is 0.00438 e. The van der Waals surface area contributed by atoms with Gasteiger partial charge in [-0.15, -0.1) is 0 Å². The second kappa shape index (κ2) is 6.44. The third-order valence-corrected chi connectivity index (χ3v) is 3.59. The van der Waals surface area contributed by atoms with Gasteiger partial charge in [0.05, 0.1) is 0 Å². The Bertz CT molecular complexity index is 138. The molecule has 14 heavy (non-hydrogen) atoms. The lowest BCUT2D eigenvalue weighted by molar-refractivity contribution is 0.295. The molecule has 0 aromatic carbocycles. The Kier molecular flexibility index (Phi) is 5.54. The maximum atomic E-state index is 3.68. The van der Waals surface area contributed by atoms with Crippen LogP contribution in [0.25, 0.3) is 0 Å². The maximum absolute atomic E-state index is 3.68. The minimum Gasteiger partial charge on any atom is -0.312 e. The fourth-order valence-electron chi connectivity index (χ4n) is 2.59. The number of hydrogen-bond acceptors (Lipinski definition) is 1. The molecule has 0 amide bonds. The largest absolute Gasteiger partial charge is 0.312 e. The van der Waals surface area contributed by atoms with Crippen LogP contribution in [-0.4, -0.2) is 12.1 Å². The van der Waals surface area contributed by atoms with Gasteiger partial charge in [-0.1, -0.05) is 39.0 Å². The molecule has 1 nitrogen and oxygen atoms in total. The molecule has 0 spiro atoms. The van der Waals surface area contributed by atoms with E-state index in [9.17, 15) is 0 Å². The molecule has 0 aromatic heterocycles. The molecule has 1 fully saturated rings. The summed E-state index contributed by atoms with van der Waals surface area (Å²) in [6.07, 6.45) is 10.0. The molecule has 1 rings (SSSR count). The van der Waals surface area contributed by atoms with Crippen molar-refractivity contribution in [2.45, 2.75) is 77.8 Å². The van der Waals surface area contributed by atoms with Crippen molar-refractivity contribution in [3.63, 3.8) is 0 Å². The van der Waals surface area contributed by atoms with Crippen LogP contribution >= 0.6 is 0 Å². The van der Waals surface area contributed by atoms with Crippen LogP contribution in [0.5, 0.6) is 0 Å². The van der Waals surface area contributed by atoms with Crippen molar-refractivity contribution in [1.29, 1.82) is 0 Å². The molecule has 2 unspecified atom stereocenters. The quantitative estimate of drug-likeness (QED) is 0.708. The van der Waals surface area contributed by atoms with Crippen molar-refractivity contribution in [2.24, 2.45) is 5.92 Å². The Balaban J connectivity index is 2.14. The van der Waals surface area contributed by atoms with E-state index < -0.39 is 0 Å².